The van der Waals surface area contributed by atoms with E-state index in [0.717, 1.165) is 50.7 Å². The number of furan rings is 1. The van der Waals surface area contributed by atoms with Gasteiger partial charge < -0.3 is 4.42 Å². The van der Waals surface area contributed by atoms with Crippen LogP contribution in [0.1, 0.15) is 37.6 Å². The Bertz CT molecular complexity index is 1630. The molecule has 174 valence electrons. The molecule has 0 aliphatic heterocycles. The molecule has 0 aliphatic rings. The molecule has 3 aromatic carbocycles. The lowest BCUT2D eigenvalue weighted by molar-refractivity contribution is -0.666. The minimum atomic E-state index is 0.199. The molecular weight excluding hydrogens is 428 g/mol. The molecule has 3 heteroatoms. The summed E-state index contributed by atoms with van der Waals surface area (Å²) in [6.45, 7) is 18.9. The third-order valence-corrected chi connectivity index (χ3v) is 6.78. The van der Waals surface area contributed by atoms with Crippen LogP contribution in [0, 0.1) is 25.8 Å². The van der Waals surface area contributed by atoms with Crippen LogP contribution in [-0.2, 0) is 13.5 Å². The van der Waals surface area contributed by atoms with Crippen LogP contribution in [0.15, 0.2) is 71.1 Å². The second-order valence-electron chi connectivity index (χ2n) is 10.7. The predicted octanol–water partition coefficient (Wildman–Crippen LogP) is 8.50. The Labute approximate surface area is 207 Å². The number of hydrogen-bond acceptors (Lipinski definition) is 1. The molecule has 0 N–H and O–H groups in total. The maximum absolute atomic E-state index is 7.78. The number of pyridine rings is 1. The van der Waals surface area contributed by atoms with Crippen molar-refractivity contribution in [2.45, 2.75) is 41.0 Å². The first-order valence-electron chi connectivity index (χ1n) is 12.1. The van der Waals surface area contributed by atoms with Gasteiger partial charge >= 0.3 is 0 Å². The molecule has 3 nitrogen and oxygen atoms in total. The quantitative estimate of drug-likeness (QED) is 0.196. The van der Waals surface area contributed by atoms with Gasteiger partial charge in [0, 0.05) is 35.4 Å². The zero-order valence-corrected chi connectivity index (χ0v) is 21.4. The summed E-state index contributed by atoms with van der Waals surface area (Å²) in [6.07, 6.45) is 1.00. The summed E-state index contributed by atoms with van der Waals surface area (Å²) in [5, 5.41) is 2.12. The van der Waals surface area contributed by atoms with Crippen LogP contribution in [0.4, 0.5) is 5.69 Å². The summed E-state index contributed by atoms with van der Waals surface area (Å²) in [5.41, 5.74) is 10.3. The van der Waals surface area contributed by atoms with E-state index in [1.807, 2.05) is 42.5 Å². The average molecular weight is 460 g/mol. The van der Waals surface area contributed by atoms with E-state index in [1.165, 1.54) is 16.8 Å². The van der Waals surface area contributed by atoms with E-state index in [9.17, 15) is 0 Å². The minimum absolute atomic E-state index is 0.199. The van der Waals surface area contributed by atoms with Crippen molar-refractivity contribution < 1.29 is 8.98 Å². The van der Waals surface area contributed by atoms with E-state index < -0.39 is 0 Å². The maximum Gasteiger partial charge on any atom is 0.216 e. The van der Waals surface area contributed by atoms with Crippen LogP contribution in [0.2, 0.25) is 0 Å². The van der Waals surface area contributed by atoms with Gasteiger partial charge in [0.1, 0.15) is 18.2 Å². The molecule has 2 aromatic heterocycles. The van der Waals surface area contributed by atoms with Gasteiger partial charge in [0.25, 0.3) is 0 Å². The number of rotatable bonds is 3. The summed E-state index contributed by atoms with van der Waals surface area (Å²) < 4.78 is 8.98. The third kappa shape index (κ3) is 4.00. The van der Waals surface area contributed by atoms with Gasteiger partial charge in [-0.1, -0.05) is 75.4 Å². The zero-order chi connectivity index (χ0) is 24.9. The van der Waals surface area contributed by atoms with Gasteiger partial charge in [-0.25, -0.2) is 4.85 Å². The summed E-state index contributed by atoms with van der Waals surface area (Å²) in [7, 11) is 2.12. The normalized spacial score (nSPS) is 11.8. The van der Waals surface area contributed by atoms with Crippen LogP contribution in [0.3, 0.4) is 0 Å². The smallest absolute Gasteiger partial charge is 0.216 e. The van der Waals surface area contributed by atoms with E-state index in [2.05, 4.69) is 75.3 Å². The second kappa shape index (κ2) is 8.40. The van der Waals surface area contributed by atoms with Crippen molar-refractivity contribution in [1.29, 1.82) is 0 Å². The monoisotopic (exact) mass is 459 g/mol. The lowest BCUT2D eigenvalue weighted by Crippen LogP contribution is -2.35. The number of aryl methyl sites for hydroxylation is 2. The average Bonchev–Trinajstić information content (AvgIpc) is 3.19. The Morgan fingerprint density at radius 3 is 2.17 bits per heavy atom. The van der Waals surface area contributed by atoms with Crippen molar-refractivity contribution in [1.82, 2.24) is 0 Å². The Kier molecular flexibility index (Phi) is 5.49. The molecule has 0 unspecified atom stereocenters. The van der Waals surface area contributed by atoms with Crippen molar-refractivity contribution in [2.24, 2.45) is 12.5 Å². The van der Waals surface area contributed by atoms with Gasteiger partial charge in [-0.05, 0) is 35.4 Å². The topological polar surface area (TPSA) is 21.4 Å². The van der Waals surface area contributed by atoms with Gasteiger partial charge in [-0.15, -0.1) is 0 Å². The summed E-state index contributed by atoms with van der Waals surface area (Å²) in [4.78, 5) is 3.82. The van der Waals surface area contributed by atoms with Gasteiger partial charge in [0.15, 0.2) is 11.4 Å². The van der Waals surface area contributed by atoms with Crippen LogP contribution in [-0.4, -0.2) is 0 Å². The molecule has 0 atom stereocenters. The number of fused-ring (bicyclic) bond motifs is 3. The number of benzene rings is 3. The Morgan fingerprint density at radius 2 is 1.51 bits per heavy atom. The minimum Gasteiger partial charge on any atom is -0.456 e. The zero-order valence-electron chi connectivity index (χ0n) is 21.4. The van der Waals surface area contributed by atoms with E-state index in [4.69, 9.17) is 11.0 Å². The number of nitrogens with zero attached hydrogens (tertiary/aromatic N) is 2. The fourth-order valence-electron chi connectivity index (χ4n) is 5.11. The van der Waals surface area contributed by atoms with Gasteiger partial charge in [-0.2, -0.15) is 4.57 Å². The molecule has 0 radical (unpaired) electrons. The highest BCUT2D eigenvalue weighted by Crippen LogP contribution is 2.44. The molecule has 2 heterocycles. The summed E-state index contributed by atoms with van der Waals surface area (Å²) in [5.74, 6) is 0. The molecule has 0 fully saturated rings. The Hall–Kier alpha value is -3.90. The van der Waals surface area contributed by atoms with Gasteiger partial charge in [0.2, 0.25) is 5.69 Å². The first kappa shape index (κ1) is 22.9. The first-order valence-corrected chi connectivity index (χ1v) is 12.1. The van der Waals surface area contributed by atoms with E-state index in [1.54, 1.807) is 0 Å². The Morgan fingerprint density at radius 1 is 0.857 bits per heavy atom. The largest absolute Gasteiger partial charge is 0.456 e. The van der Waals surface area contributed by atoms with Crippen LogP contribution < -0.4 is 4.57 Å². The highest BCUT2D eigenvalue weighted by Gasteiger charge is 2.25. The van der Waals surface area contributed by atoms with Crippen molar-refractivity contribution in [3.05, 3.63) is 95.0 Å². The standard InChI is InChI=1S/C32H31N2O/c1-20-13-14-24-25-15-16-26(33-6)29(23-11-9-8-10-12-23)31(25)35-30(24)28(20)27-18-22(19-32(3,4)5)17-21(2)34(27)7/h8-18H,19H2,1-5,7H3/q+1. The van der Waals surface area contributed by atoms with Crippen molar-refractivity contribution >= 4 is 27.6 Å². The van der Waals surface area contributed by atoms with Crippen LogP contribution in [0.25, 0.3) is 49.2 Å². The molecule has 0 amide bonds. The van der Waals surface area contributed by atoms with Crippen LogP contribution in [0.5, 0.6) is 0 Å². The molecule has 0 saturated heterocycles. The second-order valence-corrected chi connectivity index (χ2v) is 10.7. The molecule has 5 aromatic rings. The van der Waals surface area contributed by atoms with Crippen LogP contribution >= 0.6 is 0 Å². The molecule has 0 aliphatic carbocycles. The van der Waals surface area contributed by atoms with E-state index >= 15 is 0 Å². The molecular formula is C32H31N2O+. The maximum atomic E-state index is 7.78. The van der Waals surface area contributed by atoms with Gasteiger partial charge in [-0.3, -0.25) is 0 Å². The summed E-state index contributed by atoms with van der Waals surface area (Å²) in [6, 6.07) is 23.0. The fourth-order valence-corrected chi connectivity index (χ4v) is 5.11. The van der Waals surface area contributed by atoms with E-state index in [-0.39, 0.29) is 5.41 Å². The predicted molar refractivity (Wildman–Crippen MR) is 145 cm³/mol. The van der Waals surface area contributed by atoms with E-state index in [0.29, 0.717) is 5.69 Å². The molecule has 5 rings (SSSR count). The number of aromatic nitrogens is 1. The fraction of sp³-hybridized carbons (Fsp3) is 0.250. The van der Waals surface area contributed by atoms with Crippen molar-refractivity contribution in [3.63, 3.8) is 0 Å². The SMILES string of the molecule is [C-]#[N+]c1ccc2c(oc3c(-c4cc(CC(C)(C)C)cc(C)[n+]4C)c(C)ccc32)c1-c1ccccc1. The Balaban J connectivity index is 1.85. The lowest BCUT2D eigenvalue weighted by Gasteiger charge is -2.18. The highest BCUT2D eigenvalue weighted by atomic mass is 16.3. The number of hydrogen-bond donors (Lipinski definition) is 0. The molecule has 35 heavy (non-hydrogen) atoms. The van der Waals surface area contributed by atoms with Gasteiger partial charge in [0.05, 0.1) is 12.1 Å². The molecule has 0 spiro atoms. The molecule has 0 saturated carbocycles. The molecule has 0 bridgehead atoms. The summed E-state index contributed by atoms with van der Waals surface area (Å²) >= 11 is 0. The van der Waals surface area contributed by atoms with Crippen molar-refractivity contribution in [3.8, 4) is 22.4 Å². The highest BCUT2D eigenvalue weighted by molar-refractivity contribution is 6.15. The third-order valence-electron chi connectivity index (χ3n) is 6.78. The van der Waals surface area contributed by atoms with Crippen molar-refractivity contribution in [2.75, 3.05) is 0 Å². The lowest BCUT2D eigenvalue weighted by atomic mass is 9.87. The first-order chi connectivity index (χ1) is 16.7.